The summed E-state index contributed by atoms with van der Waals surface area (Å²) < 4.78 is 11.6. The third-order valence-corrected chi connectivity index (χ3v) is 4.24. The fourth-order valence-corrected chi connectivity index (χ4v) is 3.33. The molecule has 1 aliphatic rings. The number of nitrogens with two attached hydrogens (primary N) is 1. The van der Waals surface area contributed by atoms with Crippen molar-refractivity contribution in [2.45, 2.75) is 50.9 Å². The first-order valence-electron chi connectivity index (χ1n) is 7.07. The smallest absolute Gasteiger partial charge is 0.141 e. The summed E-state index contributed by atoms with van der Waals surface area (Å²) in [6.45, 7) is 8.90. The number of methoxy groups -OCH3 is 1. The number of hydrogen-bond acceptors (Lipinski definition) is 4. The average molecular weight is 278 g/mol. The van der Waals surface area contributed by atoms with Crippen molar-refractivity contribution in [3.8, 4) is 5.75 Å². The summed E-state index contributed by atoms with van der Waals surface area (Å²) in [6, 6.07) is 7.90. The van der Waals surface area contributed by atoms with E-state index in [1.165, 1.54) is 0 Å². The Balaban J connectivity index is 2.38. The predicted octanol–water partition coefficient (Wildman–Crippen LogP) is 2.78. The van der Waals surface area contributed by atoms with Gasteiger partial charge in [0.15, 0.2) is 0 Å². The van der Waals surface area contributed by atoms with Crippen LogP contribution in [0.3, 0.4) is 0 Å². The van der Waals surface area contributed by atoms with Crippen molar-refractivity contribution in [2.75, 3.05) is 19.0 Å². The van der Waals surface area contributed by atoms with Gasteiger partial charge in [-0.2, -0.15) is 0 Å². The van der Waals surface area contributed by atoms with Crippen LogP contribution < -0.4 is 15.8 Å². The van der Waals surface area contributed by atoms with Gasteiger partial charge >= 0.3 is 0 Å². The van der Waals surface area contributed by atoms with E-state index in [0.29, 0.717) is 6.54 Å². The quantitative estimate of drug-likeness (QED) is 0.889. The second-order valence-corrected chi connectivity index (χ2v) is 6.66. The third kappa shape index (κ3) is 2.50. The lowest BCUT2D eigenvalue weighted by Gasteiger charge is -2.40. The molecule has 0 aromatic heterocycles. The molecule has 1 aromatic carbocycles. The minimum atomic E-state index is -0.355. The Labute approximate surface area is 121 Å². The highest BCUT2D eigenvalue weighted by Gasteiger charge is 2.56. The number of para-hydroxylation sites is 2. The Bertz CT molecular complexity index is 485. The monoisotopic (exact) mass is 278 g/mol. The fraction of sp³-hybridized carbons (Fsp3) is 0.625. The highest BCUT2D eigenvalue weighted by molar-refractivity contribution is 5.58. The number of ether oxygens (including phenoxy) is 2. The maximum atomic E-state index is 6.21. The summed E-state index contributed by atoms with van der Waals surface area (Å²) in [5, 5.41) is 3.59. The summed E-state index contributed by atoms with van der Waals surface area (Å²) >= 11 is 0. The maximum absolute atomic E-state index is 6.21. The van der Waals surface area contributed by atoms with E-state index in [2.05, 4.69) is 33.0 Å². The highest BCUT2D eigenvalue weighted by Crippen LogP contribution is 2.47. The fourth-order valence-electron chi connectivity index (χ4n) is 3.33. The predicted molar refractivity (Wildman–Crippen MR) is 82.3 cm³/mol. The first kappa shape index (κ1) is 15.1. The van der Waals surface area contributed by atoms with Crippen molar-refractivity contribution in [1.29, 1.82) is 0 Å². The topological polar surface area (TPSA) is 56.5 Å². The van der Waals surface area contributed by atoms with Gasteiger partial charge in [0.2, 0.25) is 0 Å². The molecule has 1 fully saturated rings. The van der Waals surface area contributed by atoms with E-state index < -0.39 is 0 Å². The molecular weight excluding hydrogens is 252 g/mol. The van der Waals surface area contributed by atoms with Crippen molar-refractivity contribution in [1.82, 2.24) is 0 Å². The van der Waals surface area contributed by atoms with E-state index in [-0.39, 0.29) is 16.7 Å². The summed E-state index contributed by atoms with van der Waals surface area (Å²) in [7, 11) is 1.68. The molecule has 1 aromatic rings. The van der Waals surface area contributed by atoms with Gasteiger partial charge in [-0.1, -0.05) is 12.1 Å². The minimum Gasteiger partial charge on any atom is -0.495 e. The lowest BCUT2D eigenvalue weighted by Crippen LogP contribution is -2.57. The molecule has 112 valence electrons. The van der Waals surface area contributed by atoms with Gasteiger partial charge in [-0.25, -0.2) is 0 Å². The number of benzene rings is 1. The molecule has 1 unspecified atom stereocenters. The Morgan fingerprint density at radius 3 is 2.40 bits per heavy atom. The van der Waals surface area contributed by atoms with Crippen LogP contribution in [0.1, 0.15) is 34.1 Å². The Hall–Kier alpha value is -1.26. The van der Waals surface area contributed by atoms with Gasteiger partial charge in [0.05, 0.1) is 29.5 Å². The molecule has 0 saturated carbocycles. The molecule has 0 radical (unpaired) electrons. The molecule has 1 heterocycles. The molecule has 2 rings (SSSR count). The molecule has 3 N–H and O–H groups in total. The summed E-state index contributed by atoms with van der Waals surface area (Å²) in [5.41, 5.74) is 6.21. The van der Waals surface area contributed by atoms with Crippen LogP contribution in [0.25, 0.3) is 0 Å². The zero-order valence-corrected chi connectivity index (χ0v) is 13.1. The van der Waals surface area contributed by atoms with Crippen molar-refractivity contribution in [3.63, 3.8) is 0 Å². The first-order chi connectivity index (χ1) is 9.25. The molecule has 0 amide bonds. The zero-order chi connectivity index (χ0) is 15.0. The second-order valence-electron chi connectivity index (χ2n) is 6.66. The minimum absolute atomic E-state index is 0.197. The molecular formula is C16H26N2O2. The molecule has 20 heavy (non-hydrogen) atoms. The van der Waals surface area contributed by atoms with Gasteiger partial charge < -0.3 is 20.5 Å². The standard InChI is InChI=1S/C16H26N2O2/c1-14(2)10-16(11-17,15(3,4)20-14)18-12-8-6-7-9-13(12)19-5/h6-9,18H,10-11,17H2,1-5H3. The summed E-state index contributed by atoms with van der Waals surface area (Å²) in [6.07, 6.45) is 0.849. The average Bonchev–Trinajstić information content (AvgIpc) is 2.55. The SMILES string of the molecule is COc1ccccc1NC1(CN)CC(C)(C)OC1(C)C. The number of rotatable bonds is 4. The Morgan fingerprint density at radius 1 is 1.25 bits per heavy atom. The second kappa shape index (κ2) is 4.93. The van der Waals surface area contributed by atoms with Crippen molar-refractivity contribution >= 4 is 5.69 Å². The maximum Gasteiger partial charge on any atom is 0.141 e. The van der Waals surface area contributed by atoms with E-state index >= 15 is 0 Å². The normalized spacial score (nSPS) is 27.3. The molecule has 1 aliphatic heterocycles. The number of hydrogen-bond donors (Lipinski definition) is 2. The molecule has 0 bridgehead atoms. The van der Waals surface area contributed by atoms with E-state index in [4.69, 9.17) is 15.2 Å². The lowest BCUT2D eigenvalue weighted by atomic mass is 9.78. The van der Waals surface area contributed by atoms with Crippen LogP contribution in [0.5, 0.6) is 5.75 Å². The van der Waals surface area contributed by atoms with Crippen molar-refractivity contribution in [3.05, 3.63) is 24.3 Å². The summed E-state index contributed by atoms with van der Waals surface area (Å²) in [4.78, 5) is 0. The van der Waals surface area contributed by atoms with Crippen LogP contribution in [0, 0.1) is 0 Å². The number of anilines is 1. The van der Waals surface area contributed by atoms with E-state index in [0.717, 1.165) is 17.9 Å². The molecule has 0 aliphatic carbocycles. The summed E-state index contributed by atoms with van der Waals surface area (Å²) in [5.74, 6) is 0.820. The zero-order valence-electron chi connectivity index (χ0n) is 13.1. The molecule has 1 atom stereocenters. The van der Waals surface area contributed by atoms with E-state index in [1.807, 2.05) is 24.3 Å². The van der Waals surface area contributed by atoms with Crippen LogP contribution >= 0.6 is 0 Å². The van der Waals surface area contributed by atoms with Gasteiger partial charge in [0, 0.05) is 13.0 Å². The largest absolute Gasteiger partial charge is 0.495 e. The van der Waals surface area contributed by atoms with Crippen molar-refractivity contribution in [2.24, 2.45) is 5.73 Å². The Morgan fingerprint density at radius 2 is 1.90 bits per heavy atom. The van der Waals surface area contributed by atoms with E-state index in [9.17, 15) is 0 Å². The molecule has 1 saturated heterocycles. The number of nitrogens with one attached hydrogen (secondary N) is 1. The Kier molecular flexibility index (Phi) is 3.73. The van der Waals surface area contributed by atoms with Crippen LogP contribution in [0.15, 0.2) is 24.3 Å². The van der Waals surface area contributed by atoms with Crippen LogP contribution in [0.4, 0.5) is 5.69 Å². The van der Waals surface area contributed by atoms with Gasteiger partial charge in [-0.15, -0.1) is 0 Å². The van der Waals surface area contributed by atoms with Gasteiger partial charge in [-0.3, -0.25) is 0 Å². The van der Waals surface area contributed by atoms with Crippen molar-refractivity contribution < 1.29 is 9.47 Å². The third-order valence-electron chi connectivity index (χ3n) is 4.24. The van der Waals surface area contributed by atoms with E-state index in [1.54, 1.807) is 7.11 Å². The van der Waals surface area contributed by atoms with Gasteiger partial charge in [-0.05, 0) is 39.8 Å². The first-order valence-corrected chi connectivity index (χ1v) is 7.07. The lowest BCUT2D eigenvalue weighted by molar-refractivity contribution is -0.0753. The molecule has 4 heteroatoms. The van der Waals surface area contributed by atoms with Crippen LogP contribution in [0.2, 0.25) is 0 Å². The molecule has 0 spiro atoms. The molecule has 4 nitrogen and oxygen atoms in total. The van der Waals surface area contributed by atoms with Gasteiger partial charge in [0.1, 0.15) is 5.75 Å². The van der Waals surface area contributed by atoms with Crippen LogP contribution in [-0.4, -0.2) is 30.4 Å². The van der Waals surface area contributed by atoms with Gasteiger partial charge in [0.25, 0.3) is 0 Å². The van der Waals surface area contributed by atoms with Crippen LogP contribution in [-0.2, 0) is 4.74 Å². The highest BCUT2D eigenvalue weighted by atomic mass is 16.5.